The summed E-state index contributed by atoms with van der Waals surface area (Å²) in [6.45, 7) is 0.620. The first-order chi connectivity index (χ1) is 12.8. The minimum absolute atomic E-state index is 0.252. The standard InChI is InChI=1S/C23H19NO2/c25-23(26-18-20-11-5-2-6-12-20)24-17-22-14-8-7-13-21(22)16-15-19-9-3-1-4-10-19/h1-14H,17-18H2,(H,24,25). The molecule has 0 aliphatic heterocycles. The van der Waals surface area contributed by atoms with E-state index >= 15 is 0 Å². The number of carbonyl (C=O) groups is 1. The first-order valence-corrected chi connectivity index (χ1v) is 8.41. The van der Waals surface area contributed by atoms with Crippen LogP contribution in [0.4, 0.5) is 4.79 Å². The zero-order chi connectivity index (χ0) is 18.0. The van der Waals surface area contributed by atoms with E-state index in [0.29, 0.717) is 6.54 Å². The largest absolute Gasteiger partial charge is 0.445 e. The van der Waals surface area contributed by atoms with E-state index < -0.39 is 6.09 Å². The molecule has 0 radical (unpaired) electrons. The lowest BCUT2D eigenvalue weighted by Crippen LogP contribution is -2.24. The van der Waals surface area contributed by atoms with Gasteiger partial charge in [0.05, 0.1) is 0 Å². The Hall–Kier alpha value is -3.51. The van der Waals surface area contributed by atoms with E-state index in [1.54, 1.807) is 0 Å². The minimum atomic E-state index is -0.445. The molecule has 3 rings (SSSR count). The number of rotatable bonds is 4. The van der Waals surface area contributed by atoms with Crippen LogP contribution in [0.5, 0.6) is 0 Å². The van der Waals surface area contributed by atoms with Gasteiger partial charge in [-0.1, -0.05) is 78.6 Å². The monoisotopic (exact) mass is 341 g/mol. The molecule has 128 valence electrons. The van der Waals surface area contributed by atoms with Gasteiger partial charge in [-0.2, -0.15) is 0 Å². The van der Waals surface area contributed by atoms with E-state index in [4.69, 9.17) is 4.74 Å². The smallest absolute Gasteiger partial charge is 0.407 e. The maximum Gasteiger partial charge on any atom is 0.407 e. The van der Waals surface area contributed by atoms with Crippen LogP contribution in [0.2, 0.25) is 0 Å². The van der Waals surface area contributed by atoms with E-state index in [1.807, 2.05) is 84.9 Å². The van der Waals surface area contributed by atoms with Gasteiger partial charge in [-0.15, -0.1) is 0 Å². The zero-order valence-corrected chi connectivity index (χ0v) is 14.3. The fourth-order valence-corrected chi connectivity index (χ4v) is 2.40. The Kier molecular flexibility index (Phi) is 6.06. The van der Waals surface area contributed by atoms with Gasteiger partial charge in [0.25, 0.3) is 0 Å². The fraction of sp³-hybridized carbons (Fsp3) is 0.0870. The van der Waals surface area contributed by atoms with Crippen LogP contribution in [-0.2, 0) is 17.9 Å². The second-order valence-electron chi connectivity index (χ2n) is 5.69. The molecule has 3 aromatic rings. The summed E-state index contributed by atoms with van der Waals surface area (Å²) in [5.41, 5.74) is 3.75. The third kappa shape index (κ3) is 5.25. The summed E-state index contributed by atoms with van der Waals surface area (Å²) in [6.07, 6.45) is -0.445. The lowest BCUT2D eigenvalue weighted by Gasteiger charge is -2.08. The number of carbonyl (C=O) groups excluding carboxylic acids is 1. The van der Waals surface area contributed by atoms with Crippen molar-refractivity contribution in [2.75, 3.05) is 0 Å². The number of nitrogens with one attached hydrogen (secondary N) is 1. The van der Waals surface area contributed by atoms with E-state index in [-0.39, 0.29) is 6.61 Å². The molecule has 1 amide bonds. The third-order valence-electron chi connectivity index (χ3n) is 3.77. The molecule has 3 aromatic carbocycles. The highest BCUT2D eigenvalue weighted by Crippen LogP contribution is 2.08. The van der Waals surface area contributed by atoms with Gasteiger partial charge in [-0.05, 0) is 29.3 Å². The summed E-state index contributed by atoms with van der Waals surface area (Å²) in [4.78, 5) is 11.9. The Morgan fingerprint density at radius 2 is 1.46 bits per heavy atom. The van der Waals surface area contributed by atoms with Crippen LogP contribution < -0.4 is 5.32 Å². The molecule has 1 N–H and O–H groups in total. The van der Waals surface area contributed by atoms with Crippen molar-refractivity contribution in [1.29, 1.82) is 0 Å². The Labute approximate surface area is 153 Å². The topological polar surface area (TPSA) is 38.3 Å². The quantitative estimate of drug-likeness (QED) is 0.709. The number of hydrogen-bond acceptors (Lipinski definition) is 2. The summed E-state index contributed by atoms with van der Waals surface area (Å²) < 4.78 is 5.23. The first-order valence-electron chi connectivity index (χ1n) is 8.41. The van der Waals surface area contributed by atoms with Crippen molar-refractivity contribution in [2.24, 2.45) is 0 Å². The Morgan fingerprint density at radius 3 is 2.23 bits per heavy atom. The number of hydrogen-bond donors (Lipinski definition) is 1. The van der Waals surface area contributed by atoms with Crippen molar-refractivity contribution in [3.63, 3.8) is 0 Å². The average Bonchev–Trinajstić information content (AvgIpc) is 2.71. The van der Waals surface area contributed by atoms with Crippen LogP contribution in [0, 0.1) is 11.8 Å². The Bertz CT molecular complexity index is 909. The molecule has 0 spiro atoms. The molecule has 3 nitrogen and oxygen atoms in total. The lowest BCUT2D eigenvalue weighted by atomic mass is 10.1. The Balaban J connectivity index is 1.58. The third-order valence-corrected chi connectivity index (χ3v) is 3.77. The second kappa shape index (κ2) is 9.10. The van der Waals surface area contributed by atoms with Crippen molar-refractivity contribution in [3.05, 3.63) is 107 Å². The lowest BCUT2D eigenvalue weighted by molar-refractivity contribution is 0.139. The molecule has 0 saturated carbocycles. The maximum absolute atomic E-state index is 11.9. The molecule has 0 fully saturated rings. The second-order valence-corrected chi connectivity index (χ2v) is 5.69. The van der Waals surface area contributed by atoms with Crippen LogP contribution in [0.3, 0.4) is 0 Å². The molecule has 0 heterocycles. The molecule has 0 unspecified atom stereocenters. The average molecular weight is 341 g/mol. The molecule has 3 heteroatoms. The molecule has 0 saturated heterocycles. The number of alkyl carbamates (subject to hydrolysis) is 1. The van der Waals surface area contributed by atoms with Crippen molar-refractivity contribution in [1.82, 2.24) is 5.32 Å². The molecule has 0 aliphatic rings. The summed E-state index contributed by atoms with van der Waals surface area (Å²) in [5.74, 6) is 6.31. The highest BCUT2D eigenvalue weighted by Gasteiger charge is 2.05. The first kappa shape index (κ1) is 17.3. The van der Waals surface area contributed by atoms with Gasteiger partial charge in [0, 0.05) is 17.7 Å². The predicted octanol–water partition coefficient (Wildman–Crippen LogP) is 4.51. The van der Waals surface area contributed by atoms with Gasteiger partial charge in [-0.3, -0.25) is 0 Å². The SMILES string of the molecule is O=C(NCc1ccccc1C#Cc1ccccc1)OCc1ccccc1. The summed E-state index contributed by atoms with van der Waals surface area (Å²) >= 11 is 0. The summed E-state index contributed by atoms with van der Waals surface area (Å²) in [5, 5.41) is 2.78. The van der Waals surface area contributed by atoms with Gasteiger partial charge in [0.2, 0.25) is 0 Å². The van der Waals surface area contributed by atoms with Crippen molar-refractivity contribution >= 4 is 6.09 Å². The molecule has 0 aliphatic carbocycles. The normalized spacial score (nSPS) is 9.69. The molecule has 26 heavy (non-hydrogen) atoms. The summed E-state index contributed by atoms with van der Waals surface area (Å²) in [7, 11) is 0. The van der Waals surface area contributed by atoms with Gasteiger partial charge in [0.1, 0.15) is 6.61 Å². The predicted molar refractivity (Wildman–Crippen MR) is 102 cm³/mol. The maximum atomic E-state index is 11.9. The van der Waals surface area contributed by atoms with Crippen molar-refractivity contribution in [3.8, 4) is 11.8 Å². The molecule has 0 bridgehead atoms. The Morgan fingerprint density at radius 1 is 0.808 bits per heavy atom. The van der Waals surface area contributed by atoms with Gasteiger partial charge in [-0.25, -0.2) is 4.79 Å². The highest BCUT2D eigenvalue weighted by atomic mass is 16.5. The van der Waals surface area contributed by atoms with E-state index in [0.717, 1.165) is 22.3 Å². The van der Waals surface area contributed by atoms with E-state index in [9.17, 15) is 4.79 Å². The summed E-state index contributed by atoms with van der Waals surface area (Å²) in [6, 6.07) is 27.2. The molecular formula is C23H19NO2. The van der Waals surface area contributed by atoms with Gasteiger partial charge < -0.3 is 10.1 Å². The van der Waals surface area contributed by atoms with Crippen LogP contribution >= 0.6 is 0 Å². The van der Waals surface area contributed by atoms with Gasteiger partial charge >= 0.3 is 6.09 Å². The number of amides is 1. The van der Waals surface area contributed by atoms with Gasteiger partial charge in [0.15, 0.2) is 0 Å². The van der Waals surface area contributed by atoms with E-state index in [1.165, 1.54) is 0 Å². The van der Waals surface area contributed by atoms with Crippen molar-refractivity contribution < 1.29 is 9.53 Å². The molecule has 0 atom stereocenters. The number of ether oxygens (including phenoxy) is 1. The van der Waals surface area contributed by atoms with E-state index in [2.05, 4.69) is 17.2 Å². The zero-order valence-electron chi connectivity index (χ0n) is 14.3. The van der Waals surface area contributed by atoms with Crippen molar-refractivity contribution in [2.45, 2.75) is 13.2 Å². The number of benzene rings is 3. The molecule has 0 aromatic heterocycles. The van der Waals surface area contributed by atoms with Crippen LogP contribution in [-0.4, -0.2) is 6.09 Å². The fourth-order valence-electron chi connectivity index (χ4n) is 2.40. The van der Waals surface area contributed by atoms with Crippen LogP contribution in [0.25, 0.3) is 0 Å². The van der Waals surface area contributed by atoms with Crippen LogP contribution in [0.15, 0.2) is 84.9 Å². The molecular weight excluding hydrogens is 322 g/mol. The van der Waals surface area contributed by atoms with Crippen LogP contribution in [0.1, 0.15) is 22.3 Å². The highest BCUT2D eigenvalue weighted by molar-refractivity contribution is 5.67. The minimum Gasteiger partial charge on any atom is -0.445 e.